The number of hydrogen-bond acceptors (Lipinski definition) is 5. The van der Waals surface area contributed by atoms with E-state index in [1.54, 1.807) is 6.07 Å². The van der Waals surface area contributed by atoms with Gasteiger partial charge in [0.05, 0.1) is 0 Å². The minimum Gasteiger partial charge on any atom is -0.372 e. The highest BCUT2D eigenvalue weighted by Crippen LogP contribution is 2.19. The van der Waals surface area contributed by atoms with Crippen LogP contribution in [0.1, 0.15) is 25.2 Å². The summed E-state index contributed by atoms with van der Waals surface area (Å²) >= 11 is 0. The zero-order chi connectivity index (χ0) is 15.2. The Hall–Kier alpha value is -2.61. The van der Waals surface area contributed by atoms with Gasteiger partial charge in [-0.05, 0) is 51.1 Å². The van der Waals surface area contributed by atoms with Crippen molar-refractivity contribution in [2.24, 2.45) is 0 Å². The van der Waals surface area contributed by atoms with E-state index in [4.69, 9.17) is 5.26 Å². The number of aryl methyl sites for hydroxylation is 1. The van der Waals surface area contributed by atoms with E-state index in [1.807, 2.05) is 25.1 Å². The number of nitriles is 1. The molecule has 0 bridgehead atoms. The summed E-state index contributed by atoms with van der Waals surface area (Å²) in [6.07, 6.45) is 0. The molecule has 0 aliphatic rings. The zero-order valence-electron chi connectivity index (χ0n) is 12.6. The number of anilines is 3. The molecule has 0 saturated carbocycles. The van der Waals surface area contributed by atoms with E-state index >= 15 is 0 Å². The fourth-order valence-corrected chi connectivity index (χ4v) is 2.16. The van der Waals surface area contributed by atoms with Crippen molar-refractivity contribution in [3.05, 3.63) is 41.7 Å². The van der Waals surface area contributed by atoms with E-state index in [0.717, 1.165) is 24.5 Å². The average molecular weight is 281 g/mol. The van der Waals surface area contributed by atoms with Gasteiger partial charge in [0, 0.05) is 30.2 Å². The van der Waals surface area contributed by atoms with Gasteiger partial charge in [0.2, 0.25) is 5.95 Å². The second kappa shape index (κ2) is 6.71. The average Bonchev–Trinajstić information content (AvgIpc) is 2.49. The lowest BCUT2D eigenvalue weighted by Gasteiger charge is -2.21. The Bertz CT molecular complexity index is 639. The van der Waals surface area contributed by atoms with Crippen molar-refractivity contribution < 1.29 is 0 Å². The smallest absolute Gasteiger partial charge is 0.228 e. The van der Waals surface area contributed by atoms with Crippen molar-refractivity contribution >= 4 is 17.3 Å². The number of benzene rings is 1. The second-order valence-electron chi connectivity index (χ2n) is 4.67. The van der Waals surface area contributed by atoms with Crippen molar-refractivity contribution in [1.29, 1.82) is 5.26 Å². The number of hydrogen-bond donors (Lipinski definition) is 1. The molecule has 108 valence electrons. The Morgan fingerprint density at radius 2 is 1.81 bits per heavy atom. The molecule has 0 aliphatic carbocycles. The third kappa shape index (κ3) is 3.69. The van der Waals surface area contributed by atoms with Crippen molar-refractivity contribution in [1.82, 2.24) is 9.97 Å². The first-order chi connectivity index (χ1) is 10.2. The summed E-state index contributed by atoms with van der Waals surface area (Å²) in [5.74, 6) is 0.446. The molecule has 5 nitrogen and oxygen atoms in total. The van der Waals surface area contributed by atoms with Crippen LogP contribution >= 0.6 is 0 Å². The van der Waals surface area contributed by atoms with Crippen LogP contribution < -0.4 is 10.2 Å². The van der Waals surface area contributed by atoms with Crippen molar-refractivity contribution in [3.63, 3.8) is 0 Å². The largest absolute Gasteiger partial charge is 0.372 e. The van der Waals surface area contributed by atoms with E-state index in [1.165, 1.54) is 5.69 Å². The Morgan fingerprint density at radius 3 is 2.38 bits per heavy atom. The van der Waals surface area contributed by atoms with Crippen molar-refractivity contribution in [3.8, 4) is 6.07 Å². The third-order valence-corrected chi connectivity index (χ3v) is 3.22. The molecule has 1 aromatic carbocycles. The molecule has 0 amide bonds. The second-order valence-corrected chi connectivity index (χ2v) is 4.67. The highest BCUT2D eigenvalue weighted by Gasteiger charge is 2.04. The summed E-state index contributed by atoms with van der Waals surface area (Å²) in [6.45, 7) is 8.09. The lowest BCUT2D eigenvalue weighted by molar-refractivity contribution is 0.866. The molecular formula is C16H19N5. The lowest BCUT2D eigenvalue weighted by Crippen LogP contribution is -2.21. The first kappa shape index (κ1) is 14.8. The fraction of sp³-hybridized carbons (Fsp3) is 0.312. The van der Waals surface area contributed by atoms with Gasteiger partial charge in [-0.3, -0.25) is 0 Å². The van der Waals surface area contributed by atoms with Gasteiger partial charge in [-0.1, -0.05) is 0 Å². The first-order valence-electron chi connectivity index (χ1n) is 7.04. The molecule has 0 saturated heterocycles. The summed E-state index contributed by atoms with van der Waals surface area (Å²) in [4.78, 5) is 10.7. The van der Waals surface area contributed by atoms with Gasteiger partial charge >= 0.3 is 0 Å². The summed E-state index contributed by atoms with van der Waals surface area (Å²) in [5, 5.41) is 12.1. The molecule has 0 atom stereocenters. The van der Waals surface area contributed by atoms with Crippen LogP contribution in [0.4, 0.5) is 17.3 Å². The van der Waals surface area contributed by atoms with Crippen LogP contribution in [0, 0.1) is 18.3 Å². The predicted molar refractivity (Wildman–Crippen MR) is 84.8 cm³/mol. The number of aromatic nitrogens is 2. The van der Waals surface area contributed by atoms with Crippen molar-refractivity contribution in [2.45, 2.75) is 20.8 Å². The Kier molecular flexibility index (Phi) is 4.72. The molecule has 0 aliphatic heterocycles. The molecule has 2 rings (SSSR count). The first-order valence-corrected chi connectivity index (χ1v) is 7.04. The highest BCUT2D eigenvalue weighted by molar-refractivity contribution is 5.59. The van der Waals surface area contributed by atoms with E-state index in [2.05, 4.69) is 46.2 Å². The summed E-state index contributed by atoms with van der Waals surface area (Å²) in [5.41, 5.74) is 3.22. The van der Waals surface area contributed by atoms with Crippen LogP contribution in [0.2, 0.25) is 0 Å². The summed E-state index contributed by atoms with van der Waals surface area (Å²) in [6, 6.07) is 11.8. The topological polar surface area (TPSA) is 64.8 Å². The monoisotopic (exact) mass is 281 g/mol. The number of rotatable bonds is 5. The predicted octanol–water partition coefficient (Wildman–Crippen LogP) is 3.25. The minimum atomic E-state index is 0.366. The SMILES string of the molecule is CCN(CC)c1ccc(Nc2nc(C)cc(C#N)n2)cc1. The fourth-order valence-electron chi connectivity index (χ4n) is 2.16. The molecule has 1 heterocycles. The van der Waals surface area contributed by atoms with Gasteiger partial charge in [-0.2, -0.15) is 5.26 Å². The maximum Gasteiger partial charge on any atom is 0.228 e. The molecule has 1 aromatic heterocycles. The van der Waals surface area contributed by atoms with E-state index in [0.29, 0.717) is 11.6 Å². The lowest BCUT2D eigenvalue weighted by atomic mass is 10.2. The van der Waals surface area contributed by atoms with Gasteiger partial charge in [0.1, 0.15) is 11.8 Å². The molecule has 5 heteroatoms. The zero-order valence-corrected chi connectivity index (χ0v) is 12.6. The van der Waals surface area contributed by atoms with E-state index in [9.17, 15) is 0 Å². The van der Waals surface area contributed by atoms with Gasteiger partial charge in [0.15, 0.2) is 0 Å². The molecule has 1 N–H and O–H groups in total. The van der Waals surface area contributed by atoms with E-state index in [-0.39, 0.29) is 0 Å². The normalized spacial score (nSPS) is 10.0. The van der Waals surface area contributed by atoms with E-state index < -0.39 is 0 Å². The molecule has 0 unspecified atom stereocenters. The van der Waals surface area contributed by atoms with Gasteiger partial charge < -0.3 is 10.2 Å². The molecule has 2 aromatic rings. The van der Waals surface area contributed by atoms with Gasteiger partial charge in [-0.25, -0.2) is 9.97 Å². The Labute approximate surface area is 125 Å². The quantitative estimate of drug-likeness (QED) is 0.911. The maximum absolute atomic E-state index is 8.93. The number of nitrogens with one attached hydrogen (secondary N) is 1. The maximum atomic E-state index is 8.93. The van der Waals surface area contributed by atoms with Crippen molar-refractivity contribution in [2.75, 3.05) is 23.3 Å². The highest BCUT2D eigenvalue weighted by atomic mass is 15.1. The third-order valence-electron chi connectivity index (χ3n) is 3.22. The molecular weight excluding hydrogens is 262 g/mol. The molecule has 0 radical (unpaired) electrons. The van der Waals surface area contributed by atoms with Crippen LogP contribution in [0.15, 0.2) is 30.3 Å². The molecule has 0 fully saturated rings. The van der Waals surface area contributed by atoms with Crippen LogP contribution in [0.25, 0.3) is 0 Å². The molecule has 0 spiro atoms. The number of nitrogens with zero attached hydrogens (tertiary/aromatic N) is 4. The minimum absolute atomic E-state index is 0.366. The van der Waals surface area contributed by atoms with Crippen LogP contribution in [-0.2, 0) is 0 Å². The Balaban J connectivity index is 2.17. The van der Waals surface area contributed by atoms with Gasteiger partial charge in [-0.15, -0.1) is 0 Å². The standard InChI is InChI=1S/C16H19N5/c1-4-21(5-2)15-8-6-13(7-9-15)19-16-18-12(3)10-14(11-17)20-16/h6-10H,4-5H2,1-3H3,(H,18,19,20). The van der Waals surface area contributed by atoms with Crippen LogP contribution in [-0.4, -0.2) is 23.1 Å². The summed E-state index contributed by atoms with van der Waals surface area (Å²) < 4.78 is 0. The van der Waals surface area contributed by atoms with Gasteiger partial charge in [0.25, 0.3) is 0 Å². The van der Waals surface area contributed by atoms with Crippen LogP contribution in [0.3, 0.4) is 0 Å². The Morgan fingerprint density at radius 1 is 1.14 bits per heavy atom. The summed E-state index contributed by atoms with van der Waals surface area (Å²) in [7, 11) is 0. The molecule has 21 heavy (non-hydrogen) atoms. The van der Waals surface area contributed by atoms with Crippen LogP contribution in [0.5, 0.6) is 0 Å².